The summed E-state index contributed by atoms with van der Waals surface area (Å²) < 4.78 is 21.9. The Bertz CT molecular complexity index is 423. The Hall–Kier alpha value is -0.530. The van der Waals surface area contributed by atoms with Gasteiger partial charge in [-0.1, -0.05) is 0 Å². The molecule has 0 aromatic carbocycles. The van der Waals surface area contributed by atoms with E-state index in [0.29, 0.717) is 0 Å². The van der Waals surface area contributed by atoms with Gasteiger partial charge in [0.25, 0.3) is 5.08 Å². The molecule has 0 aliphatic carbocycles. The molecule has 1 aromatic heterocycles. The lowest BCUT2D eigenvalue weighted by Gasteiger charge is -2.28. The molecule has 6 N–H and O–H groups in total. The van der Waals surface area contributed by atoms with Gasteiger partial charge < -0.3 is 24.7 Å². The number of aromatic nitrogens is 2. The van der Waals surface area contributed by atoms with Crippen molar-refractivity contribution in [2.24, 2.45) is 0 Å². The van der Waals surface area contributed by atoms with E-state index >= 15 is 0 Å². The van der Waals surface area contributed by atoms with Gasteiger partial charge in [0.05, 0.1) is 0 Å². The zero-order valence-corrected chi connectivity index (χ0v) is 9.54. The minimum absolute atomic E-state index is 0.00542. The third-order valence-corrected chi connectivity index (χ3v) is 5.66. The molecule has 0 radical (unpaired) electrons. The van der Waals surface area contributed by atoms with Crippen molar-refractivity contribution >= 4 is 15.2 Å². The molecule has 1 rings (SSSR count). The predicted molar refractivity (Wildman–Crippen MR) is 51.3 cm³/mol. The van der Waals surface area contributed by atoms with Gasteiger partial charge in [0.15, 0.2) is 0 Å². The van der Waals surface area contributed by atoms with Crippen LogP contribution in [0.3, 0.4) is 0 Å². The number of hydrogen-bond acceptors (Lipinski definition) is 4. The monoisotopic (exact) mass is 272 g/mol. The van der Waals surface area contributed by atoms with Crippen LogP contribution in [0.5, 0.6) is 0 Å². The third kappa shape index (κ3) is 2.41. The maximum absolute atomic E-state index is 10.9. The molecule has 0 saturated heterocycles. The second kappa shape index (κ2) is 4.05. The van der Waals surface area contributed by atoms with E-state index in [0.717, 1.165) is 0 Å². The molecule has 16 heavy (non-hydrogen) atoms. The molecule has 0 unspecified atom stereocenters. The fourth-order valence-corrected chi connectivity index (χ4v) is 3.12. The largest absolute Gasteiger partial charge is 0.369 e. The van der Waals surface area contributed by atoms with Crippen molar-refractivity contribution in [2.45, 2.75) is 11.5 Å². The first kappa shape index (κ1) is 13.5. The molecule has 0 spiro atoms. The van der Waals surface area contributed by atoms with E-state index in [1.165, 1.54) is 12.3 Å². The van der Waals surface area contributed by atoms with Gasteiger partial charge in [-0.25, -0.2) is 0 Å². The van der Waals surface area contributed by atoms with Crippen LogP contribution < -0.4 is 0 Å². The van der Waals surface area contributed by atoms with E-state index < -0.39 is 26.7 Å². The van der Waals surface area contributed by atoms with Gasteiger partial charge in [-0.15, -0.1) is 0 Å². The molecule has 0 atom stereocenters. The average Bonchev–Trinajstić information content (AvgIpc) is 2.52. The molecule has 0 fully saturated rings. The van der Waals surface area contributed by atoms with Gasteiger partial charge in [0.2, 0.25) is 0 Å². The summed E-state index contributed by atoms with van der Waals surface area (Å²) in [6.45, 7) is 0. The number of nitrogens with zero attached hydrogens (tertiary/aromatic N) is 1. The Morgan fingerprint density at radius 3 is 2.06 bits per heavy atom. The molecule has 0 saturated carbocycles. The number of aromatic amines is 1. The van der Waals surface area contributed by atoms with E-state index in [1.807, 2.05) is 0 Å². The third-order valence-electron chi connectivity index (χ3n) is 1.92. The Kier molecular flexibility index (Phi) is 3.42. The summed E-state index contributed by atoms with van der Waals surface area (Å²) in [5, 5.41) is 11.7. The maximum Gasteiger partial charge on any atom is 0.369 e. The standard InChI is InChI=1S/C5H10N2O7P2/c8-5(15(9,10)11,16(12,13)14)3-4-1-2-6-7-4/h1-2,8H,3H2,(H,6,7)(H2,9,10,11)(H2,12,13,14). The van der Waals surface area contributed by atoms with Crippen molar-refractivity contribution in [3.05, 3.63) is 18.0 Å². The fourth-order valence-electron chi connectivity index (χ4n) is 1.01. The van der Waals surface area contributed by atoms with Crippen LogP contribution in [0.25, 0.3) is 0 Å². The van der Waals surface area contributed by atoms with Crippen molar-refractivity contribution in [1.29, 1.82) is 0 Å². The SMILES string of the molecule is O=P(O)(O)C(O)(Cc1ccn[nH]1)P(=O)(O)O. The summed E-state index contributed by atoms with van der Waals surface area (Å²) in [6, 6.07) is 1.23. The van der Waals surface area contributed by atoms with Crippen LogP contribution in [-0.2, 0) is 15.6 Å². The highest BCUT2D eigenvalue weighted by Crippen LogP contribution is 2.68. The van der Waals surface area contributed by atoms with Crippen LogP contribution in [0.15, 0.2) is 12.3 Å². The lowest BCUT2D eigenvalue weighted by molar-refractivity contribution is 0.130. The molecule has 1 aromatic rings. The molecule has 0 amide bonds. The maximum atomic E-state index is 10.9. The van der Waals surface area contributed by atoms with Crippen molar-refractivity contribution in [1.82, 2.24) is 10.2 Å². The van der Waals surface area contributed by atoms with Gasteiger partial charge in [0.1, 0.15) is 0 Å². The minimum Gasteiger partial charge on any atom is -0.367 e. The highest BCUT2D eigenvalue weighted by atomic mass is 31.2. The molecular weight excluding hydrogens is 262 g/mol. The zero-order chi connectivity index (χ0) is 12.6. The van der Waals surface area contributed by atoms with Gasteiger partial charge in [0, 0.05) is 18.3 Å². The number of nitrogens with one attached hydrogen (secondary N) is 1. The molecule has 92 valence electrons. The second-order valence-electron chi connectivity index (χ2n) is 3.12. The number of H-pyrrole nitrogens is 1. The molecule has 9 nitrogen and oxygen atoms in total. The van der Waals surface area contributed by atoms with Gasteiger partial charge in [-0.2, -0.15) is 5.10 Å². The first-order valence-corrected chi connectivity index (χ1v) is 7.12. The lowest BCUT2D eigenvalue weighted by Crippen LogP contribution is -2.31. The molecule has 1 heterocycles. The lowest BCUT2D eigenvalue weighted by atomic mass is 10.3. The summed E-state index contributed by atoms with van der Waals surface area (Å²) in [5.74, 6) is 0. The van der Waals surface area contributed by atoms with Crippen molar-refractivity contribution in [2.75, 3.05) is 0 Å². The Labute approximate surface area is 89.5 Å². The van der Waals surface area contributed by atoms with E-state index in [2.05, 4.69) is 10.2 Å². The summed E-state index contributed by atoms with van der Waals surface area (Å²) in [7, 11) is -10.8. The van der Waals surface area contributed by atoms with Gasteiger partial charge >= 0.3 is 15.2 Å². The zero-order valence-electron chi connectivity index (χ0n) is 7.76. The summed E-state index contributed by atoms with van der Waals surface area (Å²) in [6.07, 6.45) is 0.288. The van der Waals surface area contributed by atoms with E-state index in [-0.39, 0.29) is 5.69 Å². The topological polar surface area (TPSA) is 164 Å². The first-order valence-electron chi connectivity index (χ1n) is 3.90. The highest BCUT2D eigenvalue weighted by Gasteiger charge is 2.59. The summed E-state index contributed by atoms with van der Waals surface area (Å²) >= 11 is 0. The molecule has 0 bridgehead atoms. The van der Waals surface area contributed by atoms with Crippen LogP contribution in [0.4, 0.5) is 0 Å². The van der Waals surface area contributed by atoms with E-state index in [9.17, 15) is 14.2 Å². The summed E-state index contributed by atoms with van der Waals surface area (Å²) in [4.78, 5) is 35.2. The van der Waals surface area contributed by atoms with Crippen molar-refractivity contribution in [3.8, 4) is 0 Å². The van der Waals surface area contributed by atoms with Gasteiger partial charge in [-0.3, -0.25) is 14.2 Å². The van der Waals surface area contributed by atoms with Crippen LogP contribution in [-0.4, -0.2) is 40.0 Å². The number of aliphatic hydroxyl groups is 1. The van der Waals surface area contributed by atoms with Crippen LogP contribution >= 0.6 is 15.2 Å². The van der Waals surface area contributed by atoms with Crippen molar-refractivity contribution in [3.63, 3.8) is 0 Å². The first-order chi connectivity index (χ1) is 7.08. The molecular formula is C5H10N2O7P2. The summed E-state index contributed by atoms with van der Waals surface area (Å²) in [5.41, 5.74) is -0.00542. The van der Waals surface area contributed by atoms with Gasteiger partial charge in [-0.05, 0) is 6.07 Å². The Balaban J connectivity index is 3.18. The van der Waals surface area contributed by atoms with E-state index in [1.54, 1.807) is 0 Å². The van der Waals surface area contributed by atoms with Crippen molar-refractivity contribution < 1.29 is 33.8 Å². The minimum atomic E-state index is -5.41. The highest BCUT2D eigenvalue weighted by molar-refractivity contribution is 7.72. The Morgan fingerprint density at radius 2 is 1.75 bits per heavy atom. The predicted octanol–water partition coefficient (Wildman–Crippen LogP) is -1.05. The number of hydrogen-bond donors (Lipinski definition) is 6. The molecule has 0 aliphatic rings. The molecule has 11 heteroatoms. The van der Waals surface area contributed by atoms with Crippen LogP contribution in [0.1, 0.15) is 5.69 Å². The van der Waals surface area contributed by atoms with Crippen LogP contribution in [0.2, 0.25) is 0 Å². The second-order valence-corrected chi connectivity index (χ2v) is 7.13. The average molecular weight is 272 g/mol. The molecule has 0 aliphatic heterocycles. The number of rotatable bonds is 4. The van der Waals surface area contributed by atoms with E-state index in [4.69, 9.17) is 19.6 Å². The normalized spacial score (nSPS) is 14.1. The Morgan fingerprint density at radius 1 is 1.25 bits per heavy atom. The fraction of sp³-hybridized carbons (Fsp3) is 0.400. The quantitative estimate of drug-likeness (QED) is 0.378. The van der Waals surface area contributed by atoms with Crippen LogP contribution in [0, 0.1) is 0 Å². The smallest absolute Gasteiger partial charge is 0.367 e.